The maximum atomic E-state index is 6.03. The van der Waals surface area contributed by atoms with Crippen molar-refractivity contribution in [2.75, 3.05) is 0 Å². The highest BCUT2D eigenvalue weighted by Gasteiger charge is 2.23. The number of hydrogen-bond donors (Lipinski definition) is 0. The van der Waals surface area contributed by atoms with Crippen LogP contribution >= 0.6 is 23.2 Å². The molecule has 13 rings (SSSR count). The fourth-order valence-corrected chi connectivity index (χ4v) is 8.71. The lowest BCUT2D eigenvalue weighted by atomic mass is 10.0. The van der Waals surface area contributed by atoms with Crippen molar-refractivity contribution < 1.29 is 0 Å². The second-order valence-electron chi connectivity index (χ2n) is 14.8. The van der Waals surface area contributed by atoms with Crippen molar-refractivity contribution in [3.8, 4) is 11.3 Å². The van der Waals surface area contributed by atoms with Crippen LogP contribution in [0.3, 0.4) is 0 Å². The summed E-state index contributed by atoms with van der Waals surface area (Å²) in [6.07, 6.45) is 11.0. The third-order valence-corrected chi connectivity index (χ3v) is 11.8. The molecular formula is C51H33Cl2N9. The van der Waals surface area contributed by atoms with Gasteiger partial charge in [0, 0.05) is 60.2 Å². The highest BCUT2D eigenvalue weighted by molar-refractivity contribution is 6.46. The quantitative estimate of drug-likeness (QED) is 0.173. The lowest BCUT2D eigenvalue weighted by Crippen LogP contribution is -2.13. The molecule has 9 nitrogen and oxygen atoms in total. The van der Waals surface area contributed by atoms with Crippen LogP contribution in [0.15, 0.2) is 187 Å². The highest BCUT2D eigenvalue weighted by Crippen LogP contribution is 2.34. The van der Waals surface area contributed by atoms with E-state index >= 15 is 0 Å². The molecule has 6 aromatic heterocycles. The fourth-order valence-electron chi connectivity index (χ4n) is 8.26. The average Bonchev–Trinajstić information content (AvgIpc) is 4.12. The summed E-state index contributed by atoms with van der Waals surface area (Å²) in [6.45, 7) is 0. The van der Waals surface area contributed by atoms with Crippen molar-refractivity contribution >= 4 is 101 Å². The molecule has 0 fully saturated rings. The predicted octanol–water partition coefficient (Wildman–Crippen LogP) is 12.6. The number of rotatable bonds is 2. The molecule has 11 heteroatoms. The monoisotopic (exact) mass is 841 g/mol. The number of para-hydroxylation sites is 6. The normalized spacial score (nSPS) is 12.7. The lowest BCUT2D eigenvalue weighted by molar-refractivity contribution is 1.23. The first-order valence-corrected chi connectivity index (χ1v) is 20.9. The van der Waals surface area contributed by atoms with Gasteiger partial charge in [0.25, 0.3) is 0 Å². The van der Waals surface area contributed by atoms with Crippen LogP contribution in [0.25, 0.3) is 66.4 Å². The molecule has 0 atom stereocenters. The number of hydrogen-bond acceptors (Lipinski definition) is 7. The first-order chi connectivity index (χ1) is 30.6. The zero-order valence-corrected chi connectivity index (χ0v) is 34.5. The van der Waals surface area contributed by atoms with Crippen LogP contribution in [0.5, 0.6) is 0 Å². The standard InChI is InChI=1S/C24H14N6.C16H12N2.C11H7Cl2N/c1-3-7-21-17(5-1)27-23-24-28-18-6-2-4-8-22(18)30(24)20-10-12-26-14-16(20)15-13-25-11-9-19(15)29(21)23;1-3-7-13-11(5-1)9-15(17-13)16-10-12-6-2-4-8-14(12)18-16;12-9-5-2-1-4-8(9)11-10(13)6-3-7-14-11/h1-14H;1-8H,9-10H2;1-7H. The molecule has 8 heterocycles. The molecule has 0 bridgehead atoms. The van der Waals surface area contributed by atoms with Gasteiger partial charge in [-0.25, -0.2) is 9.97 Å². The maximum Gasteiger partial charge on any atom is 0.182 e. The van der Waals surface area contributed by atoms with Crippen molar-refractivity contribution in [2.45, 2.75) is 12.8 Å². The molecule has 0 aliphatic carbocycles. The van der Waals surface area contributed by atoms with Crippen molar-refractivity contribution in [2.24, 2.45) is 9.98 Å². The smallest absolute Gasteiger partial charge is 0.182 e. The van der Waals surface area contributed by atoms with Crippen LogP contribution in [0.2, 0.25) is 10.0 Å². The summed E-state index contributed by atoms with van der Waals surface area (Å²) >= 11 is 12.0. The molecule has 2 aliphatic heterocycles. The summed E-state index contributed by atoms with van der Waals surface area (Å²) in [5, 5.41) is 3.29. The van der Waals surface area contributed by atoms with E-state index in [1.54, 1.807) is 18.3 Å². The number of aromatic nitrogens is 7. The summed E-state index contributed by atoms with van der Waals surface area (Å²) in [5.41, 5.74) is 16.2. The van der Waals surface area contributed by atoms with E-state index in [9.17, 15) is 0 Å². The molecule has 0 amide bonds. The minimum absolute atomic E-state index is 0.612. The summed E-state index contributed by atoms with van der Waals surface area (Å²) in [7, 11) is 0. The zero-order valence-electron chi connectivity index (χ0n) is 32.9. The molecule has 11 aromatic rings. The van der Waals surface area contributed by atoms with Gasteiger partial charge in [-0.3, -0.25) is 33.7 Å². The Morgan fingerprint density at radius 3 is 1.45 bits per heavy atom. The van der Waals surface area contributed by atoms with Crippen LogP contribution in [0.1, 0.15) is 11.1 Å². The van der Waals surface area contributed by atoms with Crippen molar-refractivity contribution in [1.29, 1.82) is 0 Å². The van der Waals surface area contributed by atoms with Gasteiger partial charge < -0.3 is 0 Å². The van der Waals surface area contributed by atoms with E-state index in [0.29, 0.717) is 10.0 Å². The van der Waals surface area contributed by atoms with Crippen molar-refractivity contribution in [1.82, 2.24) is 33.7 Å². The summed E-state index contributed by atoms with van der Waals surface area (Å²) < 4.78 is 4.36. The molecule has 0 radical (unpaired) electrons. The van der Waals surface area contributed by atoms with Gasteiger partial charge in [0.05, 0.1) is 71.6 Å². The molecule has 62 heavy (non-hydrogen) atoms. The Morgan fingerprint density at radius 1 is 0.435 bits per heavy atom. The van der Waals surface area contributed by atoms with Gasteiger partial charge in [-0.1, -0.05) is 102 Å². The Bertz CT molecular complexity index is 3410. The number of nitrogens with zero attached hydrogens (tertiary/aromatic N) is 9. The van der Waals surface area contributed by atoms with Gasteiger partial charge in [0.2, 0.25) is 0 Å². The van der Waals surface area contributed by atoms with E-state index in [1.165, 1.54) is 11.1 Å². The second-order valence-corrected chi connectivity index (χ2v) is 15.7. The van der Waals surface area contributed by atoms with E-state index in [-0.39, 0.29) is 0 Å². The molecule has 5 aromatic carbocycles. The zero-order chi connectivity index (χ0) is 41.6. The number of halogens is 2. The van der Waals surface area contributed by atoms with E-state index in [0.717, 1.165) is 102 Å². The number of fused-ring (bicyclic) bond motifs is 14. The molecule has 0 saturated carbocycles. The summed E-state index contributed by atoms with van der Waals surface area (Å²) in [5.74, 6) is 0. The number of benzene rings is 5. The first kappa shape index (κ1) is 37.4. The molecule has 2 aliphatic rings. The SMILES string of the molecule is Clc1ccccc1-c1ncccc1Cl.c1ccc2c(c1)CC(C1=Nc3ccccc3C1)=N2.c1ccc2c(c1)nc1c3nc4ccccc4n3c3ccncc3c3cnccc3n21. The Kier molecular flexibility index (Phi) is 9.52. The molecule has 0 N–H and O–H groups in total. The summed E-state index contributed by atoms with van der Waals surface area (Å²) in [4.78, 5) is 32.5. The second kappa shape index (κ2) is 15.8. The van der Waals surface area contributed by atoms with E-state index in [4.69, 9.17) is 43.2 Å². The van der Waals surface area contributed by atoms with E-state index < -0.39 is 0 Å². The Morgan fingerprint density at radius 2 is 0.919 bits per heavy atom. The lowest BCUT2D eigenvalue weighted by Gasteiger charge is -2.07. The third kappa shape index (κ3) is 6.64. The molecular weight excluding hydrogens is 810 g/mol. The van der Waals surface area contributed by atoms with Crippen molar-refractivity contribution in [3.63, 3.8) is 0 Å². The highest BCUT2D eigenvalue weighted by atomic mass is 35.5. The van der Waals surface area contributed by atoms with Crippen molar-refractivity contribution in [3.05, 3.63) is 198 Å². The molecule has 0 saturated heterocycles. The Balaban J connectivity index is 0.000000115. The number of imidazole rings is 2. The van der Waals surface area contributed by atoms with E-state index in [1.807, 2.05) is 110 Å². The van der Waals surface area contributed by atoms with Crippen LogP contribution in [0, 0.1) is 0 Å². The molecule has 296 valence electrons. The van der Waals surface area contributed by atoms with Gasteiger partial charge in [-0.2, -0.15) is 0 Å². The maximum absolute atomic E-state index is 6.03. The van der Waals surface area contributed by atoms with Gasteiger partial charge in [-0.05, 0) is 77.9 Å². The molecule has 0 unspecified atom stereocenters. The minimum atomic E-state index is 0.612. The fraction of sp³-hybridized carbons (Fsp3) is 0.0392. The number of aliphatic imine (C=N–C) groups is 2. The van der Waals surface area contributed by atoms with Gasteiger partial charge in [0.15, 0.2) is 11.3 Å². The van der Waals surface area contributed by atoms with Gasteiger partial charge in [-0.15, -0.1) is 0 Å². The predicted molar refractivity (Wildman–Crippen MR) is 253 cm³/mol. The number of pyridine rings is 3. The average molecular weight is 843 g/mol. The topological polar surface area (TPSA) is 98.0 Å². The first-order valence-electron chi connectivity index (χ1n) is 20.1. The van der Waals surface area contributed by atoms with Crippen LogP contribution < -0.4 is 0 Å². The largest absolute Gasteiger partial charge is 0.289 e. The minimum Gasteiger partial charge on any atom is -0.289 e. The van der Waals surface area contributed by atoms with Crippen LogP contribution in [-0.2, 0) is 12.8 Å². The molecule has 0 spiro atoms. The Hall–Kier alpha value is -7.59. The van der Waals surface area contributed by atoms with Gasteiger partial charge >= 0.3 is 0 Å². The summed E-state index contributed by atoms with van der Waals surface area (Å²) in [6, 6.07) is 48.2. The Labute approximate surface area is 365 Å². The van der Waals surface area contributed by atoms with Crippen LogP contribution in [0.4, 0.5) is 11.4 Å². The van der Waals surface area contributed by atoms with Gasteiger partial charge in [0.1, 0.15) is 0 Å². The van der Waals surface area contributed by atoms with E-state index in [2.05, 4.69) is 72.3 Å². The third-order valence-electron chi connectivity index (χ3n) is 11.1. The van der Waals surface area contributed by atoms with Crippen LogP contribution in [-0.4, -0.2) is 45.1 Å².